The van der Waals surface area contributed by atoms with Gasteiger partial charge >= 0.3 is 6.18 Å². The first-order valence-corrected chi connectivity index (χ1v) is 5.86. The highest BCUT2D eigenvalue weighted by Gasteiger charge is 2.33. The van der Waals surface area contributed by atoms with Gasteiger partial charge < -0.3 is 5.73 Å². The Bertz CT molecular complexity index is 212. The Hall–Kier alpha value is -0.290. The zero-order valence-electron chi connectivity index (χ0n) is 9.93. The second-order valence-electron chi connectivity index (χ2n) is 4.97. The van der Waals surface area contributed by atoms with Crippen LogP contribution < -0.4 is 5.73 Å². The molecule has 1 atom stereocenters. The van der Waals surface area contributed by atoms with Gasteiger partial charge in [0, 0.05) is 18.6 Å². The first kappa shape index (κ1) is 13.8. The molecule has 1 fully saturated rings. The van der Waals surface area contributed by atoms with E-state index < -0.39 is 12.7 Å². The molecule has 0 aromatic carbocycles. The van der Waals surface area contributed by atoms with E-state index in [0.717, 1.165) is 12.8 Å². The standard InChI is InChI=1S/C11H21F3N2/c1-8(2)16(7-11(12,13)14)6-5-10(15)9-3-4-9/h8-10H,3-7,15H2,1-2H3. The quantitative estimate of drug-likeness (QED) is 0.770. The maximum Gasteiger partial charge on any atom is 0.401 e. The van der Waals surface area contributed by atoms with Crippen molar-refractivity contribution in [3.63, 3.8) is 0 Å². The number of hydrogen-bond donors (Lipinski definition) is 1. The molecule has 0 aliphatic heterocycles. The van der Waals surface area contributed by atoms with Crippen molar-refractivity contribution >= 4 is 0 Å². The second-order valence-corrected chi connectivity index (χ2v) is 4.97. The fourth-order valence-electron chi connectivity index (χ4n) is 1.83. The van der Waals surface area contributed by atoms with E-state index in [-0.39, 0.29) is 12.1 Å². The van der Waals surface area contributed by atoms with E-state index in [0.29, 0.717) is 18.9 Å². The van der Waals surface area contributed by atoms with E-state index in [1.54, 1.807) is 13.8 Å². The fraction of sp³-hybridized carbons (Fsp3) is 1.00. The SMILES string of the molecule is CC(C)N(CCC(N)C1CC1)CC(F)(F)F. The van der Waals surface area contributed by atoms with E-state index >= 15 is 0 Å². The average molecular weight is 238 g/mol. The van der Waals surface area contributed by atoms with Crippen LogP contribution in [0.15, 0.2) is 0 Å². The van der Waals surface area contributed by atoms with E-state index in [1.165, 1.54) is 4.90 Å². The van der Waals surface area contributed by atoms with Crippen molar-refractivity contribution in [2.45, 2.75) is 51.4 Å². The van der Waals surface area contributed by atoms with Crippen LogP contribution in [-0.2, 0) is 0 Å². The van der Waals surface area contributed by atoms with Crippen LogP contribution in [-0.4, -0.2) is 36.2 Å². The molecule has 5 heteroatoms. The minimum Gasteiger partial charge on any atom is -0.327 e. The summed E-state index contributed by atoms with van der Waals surface area (Å²) < 4.78 is 36.9. The summed E-state index contributed by atoms with van der Waals surface area (Å²) in [6.07, 6.45) is -1.17. The molecule has 0 amide bonds. The van der Waals surface area contributed by atoms with Crippen molar-refractivity contribution in [3.8, 4) is 0 Å². The van der Waals surface area contributed by atoms with Gasteiger partial charge in [-0.2, -0.15) is 13.2 Å². The minimum absolute atomic E-state index is 0.0782. The molecule has 1 aliphatic carbocycles. The molecule has 0 aromatic rings. The Morgan fingerprint density at radius 2 is 1.88 bits per heavy atom. The maximum atomic E-state index is 12.3. The lowest BCUT2D eigenvalue weighted by Crippen LogP contribution is -2.41. The molecular formula is C11H21F3N2. The third-order valence-electron chi connectivity index (χ3n) is 3.09. The molecule has 1 saturated carbocycles. The lowest BCUT2D eigenvalue weighted by Gasteiger charge is -2.28. The third-order valence-corrected chi connectivity index (χ3v) is 3.09. The number of halogens is 3. The molecule has 0 spiro atoms. The molecule has 1 rings (SSSR count). The fourth-order valence-corrected chi connectivity index (χ4v) is 1.83. The van der Waals surface area contributed by atoms with Crippen LogP contribution >= 0.6 is 0 Å². The van der Waals surface area contributed by atoms with Gasteiger partial charge in [0.05, 0.1) is 6.54 Å². The summed E-state index contributed by atoms with van der Waals surface area (Å²) in [5.41, 5.74) is 5.88. The van der Waals surface area contributed by atoms with Gasteiger partial charge in [-0.15, -0.1) is 0 Å². The second kappa shape index (κ2) is 5.36. The summed E-state index contributed by atoms with van der Waals surface area (Å²) in [4.78, 5) is 1.45. The molecule has 0 saturated heterocycles. The predicted molar refractivity (Wildman–Crippen MR) is 58.1 cm³/mol. The van der Waals surface area contributed by atoms with Gasteiger partial charge in [-0.05, 0) is 39.0 Å². The highest BCUT2D eigenvalue weighted by atomic mass is 19.4. The lowest BCUT2D eigenvalue weighted by atomic mass is 10.1. The number of nitrogens with zero attached hydrogens (tertiary/aromatic N) is 1. The third kappa shape index (κ3) is 5.16. The van der Waals surface area contributed by atoms with E-state index in [4.69, 9.17) is 5.73 Å². The topological polar surface area (TPSA) is 29.3 Å². The number of hydrogen-bond acceptors (Lipinski definition) is 2. The van der Waals surface area contributed by atoms with Crippen LogP contribution in [0.25, 0.3) is 0 Å². The molecule has 96 valence electrons. The summed E-state index contributed by atoms with van der Waals surface area (Å²) in [6, 6.07) is -0.0116. The maximum absolute atomic E-state index is 12.3. The van der Waals surface area contributed by atoms with Crippen molar-refractivity contribution in [2.75, 3.05) is 13.1 Å². The van der Waals surface area contributed by atoms with Gasteiger partial charge in [-0.3, -0.25) is 4.90 Å². The summed E-state index contributed by atoms with van der Waals surface area (Å²) in [6.45, 7) is 3.18. The van der Waals surface area contributed by atoms with Crippen LogP contribution in [0.3, 0.4) is 0 Å². The largest absolute Gasteiger partial charge is 0.401 e. The Morgan fingerprint density at radius 1 is 1.31 bits per heavy atom. The average Bonchev–Trinajstić information content (AvgIpc) is 2.92. The summed E-state index contributed by atoms with van der Waals surface area (Å²) in [5.74, 6) is 0.555. The normalized spacial score (nSPS) is 19.5. The number of rotatable bonds is 6. The van der Waals surface area contributed by atoms with E-state index in [1.807, 2.05) is 0 Å². The first-order chi connectivity index (χ1) is 7.29. The summed E-state index contributed by atoms with van der Waals surface area (Å²) in [5, 5.41) is 0. The van der Waals surface area contributed by atoms with Crippen LogP contribution in [0.2, 0.25) is 0 Å². The molecule has 2 N–H and O–H groups in total. The zero-order valence-corrected chi connectivity index (χ0v) is 9.93. The van der Waals surface area contributed by atoms with Gasteiger partial charge in [0.15, 0.2) is 0 Å². The molecular weight excluding hydrogens is 217 g/mol. The van der Waals surface area contributed by atoms with E-state index in [2.05, 4.69) is 0 Å². The smallest absolute Gasteiger partial charge is 0.327 e. The van der Waals surface area contributed by atoms with E-state index in [9.17, 15) is 13.2 Å². The minimum atomic E-state index is -4.12. The molecule has 2 nitrogen and oxygen atoms in total. The molecule has 0 aromatic heterocycles. The van der Waals surface area contributed by atoms with Crippen molar-refractivity contribution < 1.29 is 13.2 Å². The van der Waals surface area contributed by atoms with Crippen molar-refractivity contribution in [1.29, 1.82) is 0 Å². The van der Waals surface area contributed by atoms with Crippen LogP contribution in [0.4, 0.5) is 13.2 Å². The lowest BCUT2D eigenvalue weighted by molar-refractivity contribution is -0.149. The van der Waals surface area contributed by atoms with Gasteiger partial charge in [0.1, 0.15) is 0 Å². The van der Waals surface area contributed by atoms with Gasteiger partial charge in [0.25, 0.3) is 0 Å². The van der Waals surface area contributed by atoms with Crippen molar-refractivity contribution in [2.24, 2.45) is 11.7 Å². The Kier molecular flexibility index (Phi) is 4.62. The summed E-state index contributed by atoms with van der Waals surface area (Å²) >= 11 is 0. The first-order valence-electron chi connectivity index (χ1n) is 5.86. The Balaban J connectivity index is 2.32. The van der Waals surface area contributed by atoms with Gasteiger partial charge in [0.2, 0.25) is 0 Å². The molecule has 1 aliphatic rings. The van der Waals surface area contributed by atoms with Crippen molar-refractivity contribution in [3.05, 3.63) is 0 Å². The molecule has 0 bridgehead atoms. The van der Waals surface area contributed by atoms with Crippen molar-refractivity contribution in [1.82, 2.24) is 4.90 Å². The zero-order chi connectivity index (χ0) is 12.3. The predicted octanol–water partition coefficient (Wildman–Crippen LogP) is 2.39. The highest BCUT2D eigenvalue weighted by molar-refractivity contribution is 4.84. The number of alkyl halides is 3. The van der Waals surface area contributed by atoms with Crippen LogP contribution in [0, 0.1) is 5.92 Å². The Morgan fingerprint density at radius 3 is 2.25 bits per heavy atom. The molecule has 0 radical (unpaired) electrons. The van der Waals surface area contributed by atoms with Gasteiger partial charge in [-0.1, -0.05) is 0 Å². The molecule has 16 heavy (non-hydrogen) atoms. The summed E-state index contributed by atoms with van der Waals surface area (Å²) in [7, 11) is 0. The van der Waals surface area contributed by atoms with Crippen LogP contribution in [0.1, 0.15) is 33.1 Å². The van der Waals surface area contributed by atoms with Gasteiger partial charge in [-0.25, -0.2) is 0 Å². The molecule has 0 heterocycles. The van der Waals surface area contributed by atoms with Crippen LogP contribution in [0.5, 0.6) is 0 Å². The number of nitrogens with two attached hydrogens (primary N) is 1. The molecule has 1 unspecified atom stereocenters. The Labute approximate surface area is 95.0 Å². The highest BCUT2D eigenvalue weighted by Crippen LogP contribution is 2.33. The monoisotopic (exact) mass is 238 g/mol.